The van der Waals surface area contributed by atoms with E-state index in [0.717, 1.165) is 18.4 Å². The molecular formula is C14H22FN3O4S2. The van der Waals surface area contributed by atoms with E-state index >= 15 is 0 Å². The Hall–Kier alpha value is -1.23. The van der Waals surface area contributed by atoms with Crippen LogP contribution in [-0.4, -0.2) is 46.5 Å². The molecule has 1 unspecified atom stereocenters. The Bertz CT molecular complexity index is 801. The van der Waals surface area contributed by atoms with Gasteiger partial charge in [0.1, 0.15) is 5.82 Å². The predicted molar refractivity (Wildman–Crippen MR) is 90.0 cm³/mol. The lowest BCUT2D eigenvalue weighted by Crippen LogP contribution is -2.42. The molecule has 1 saturated heterocycles. The van der Waals surface area contributed by atoms with Crippen LogP contribution >= 0.6 is 0 Å². The third kappa shape index (κ3) is 4.44. The van der Waals surface area contributed by atoms with Crippen molar-refractivity contribution >= 4 is 25.7 Å². The van der Waals surface area contributed by atoms with E-state index in [1.54, 1.807) is 0 Å². The van der Waals surface area contributed by atoms with E-state index < -0.39 is 25.9 Å². The molecule has 1 aromatic carbocycles. The number of nitrogens with one attached hydrogen (secondary N) is 1. The molecule has 1 atom stereocenters. The number of hydrogen-bond donors (Lipinski definition) is 2. The van der Waals surface area contributed by atoms with Gasteiger partial charge < -0.3 is 5.73 Å². The predicted octanol–water partition coefficient (Wildman–Crippen LogP) is 0.945. The second kappa shape index (κ2) is 6.95. The number of nitrogens with zero attached hydrogens (tertiary/aromatic N) is 1. The normalized spacial score (nSPS) is 19.2. The first-order chi connectivity index (χ1) is 11.0. The van der Waals surface area contributed by atoms with Gasteiger partial charge in [0.05, 0.1) is 16.8 Å². The Labute approximate surface area is 142 Å². The fourth-order valence-corrected chi connectivity index (χ4v) is 4.78. The van der Waals surface area contributed by atoms with E-state index in [2.05, 4.69) is 0 Å². The van der Waals surface area contributed by atoms with Gasteiger partial charge in [0.2, 0.25) is 20.0 Å². The summed E-state index contributed by atoms with van der Waals surface area (Å²) in [6.07, 6.45) is 2.21. The molecule has 1 aliphatic heterocycles. The second-order valence-corrected chi connectivity index (χ2v) is 9.80. The minimum absolute atomic E-state index is 0.00801. The van der Waals surface area contributed by atoms with Crippen molar-refractivity contribution < 1.29 is 21.2 Å². The SMILES string of the molecule is CC(N)C1CCN(S(=O)(=O)c2ccc(NS(C)(=O)=O)c(F)c2)CC1. The summed E-state index contributed by atoms with van der Waals surface area (Å²) in [5.74, 6) is -0.665. The third-order valence-corrected chi connectivity index (χ3v) is 6.60. The zero-order valence-electron chi connectivity index (χ0n) is 13.6. The lowest BCUT2D eigenvalue weighted by Gasteiger charge is -2.32. The largest absolute Gasteiger partial charge is 0.328 e. The monoisotopic (exact) mass is 379 g/mol. The topological polar surface area (TPSA) is 110 Å². The summed E-state index contributed by atoms with van der Waals surface area (Å²) < 4.78 is 64.8. The van der Waals surface area contributed by atoms with E-state index in [9.17, 15) is 21.2 Å². The number of benzene rings is 1. The van der Waals surface area contributed by atoms with Gasteiger partial charge in [-0.2, -0.15) is 4.31 Å². The zero-order valence-corrected chi connectivity index (χ0v) is 15.2. The number of nitrogens with two attached hydrogens (primary N) is 1. The molecule has 2 rings (SSSR count). The first kappa shape index (κ1) is 19.1. The Morgan fingerprint density at radius 3 is 2.29 bits per heavy atom. The highest BCUT2D eigenvalue weighted by molar-refractivity contribution is 7.92. The van der Waals surface area contributed by atoms with Crippen LogP contribution in [0.1, 0.15) is 19.8 Å². The highest BCUT2D eigenvalue weighted by Gasteiger charge is 2.31. The molecule has 1 aromatic rings. The van der Waals surface area contributed by atoms with Gasteiger partial charge in [-0.3, -0.25) is 4.72 Å². The van der Waals surface area contributed by atoms with Crippen molar-refractivity contribution in [3.8, 4) is 0 Å². The highest BCUT2D eigenvalue weighted by Crippen LogP contribution is 2.27. The quantitative estimate of drug-likeness (QED) is 0.791. The maximum atomic E-state index is 14.0. The fourth-order valence-electron chi connectivity index (χ4n) is 2.73. The Balaban J connectivity index is 2.20. The summed E-state index contributed by atoms with van der Waals surface area (Å²) in [7, 11) is -7.46. The average Bonchev–Trinajstić information content (AvgIpc) is 2.48. The molecule has 24 heavy (non-hydrogen) atoms. The second-order valence-electron chi connectivity index (χ2n) is 6.12. The Morgan fingerprint density at radius 2 is 1.83 bits per heavy atom. The highest BCUT2D eigenvalue weighted by atomic mass is 32.2. The Kier molecular flexibility index (Phi) is 5.53. The van der Waals surface area contributed by atoms with E-state index in [0.29, 0.717) is 25.9 Å². The maximum absolute atomic E-state index is 14.0. The van der Waals surface area contributed by atoms with Crippen LogP contribution in [0.15, 0.2) is 23.1 Å². The van der Waals surface area contributed by atoms with Gasteiger partial charge in [0.25, 0.3) is 0 Å². The van der Waals surface area contributed by atoms with Gasteiger partial charge in [0.15, 0.2) is 0 Å². The lowest BCUT2D eigenvalue weighted by molar-refractivity contribution is 0.250. The van der Waals surface area contributed by atoms with Crippen LogP contribution in [-0.2, 0) is 20.0 Å². The van der Waals surface area contributed by atoms with Gasteiger partial charge >= 0.3 is 0 Å². The summed E-state index contributed by atoms with van der Waals surface area (Å²) >= 11 is 0. The van der Waals surface area contributed by atoms with E-state index in [-0.39, 0.29) is 22.5 Å². The molecule has 10 heteroatoms. The third-order valence-electron chi connectivity index (χ3n) is 4.12. The van der Waals surface area contributed by atoms with Crippen LogP contribution in [0.5, 0.6) is 0 Å². The molecule has 1 fully saturated rings. The van der Waals surface area contributed by atoms with Gasteiger partial charge in [-0.05, 0) is 43.9 Å². The van der Waals surface area contributed by atoms with Crippen molar-refractivity contribution in [3.05, 3.63) is 24.0 Å². The molecule has 0 aliphatic carbocycles. The van der Waals surface area contributed by atoms with Gasteiger partial charge in [-0.15, -0.1) is 0 Å². The van der Waals surface area contributed by atoms with Crippen LogP contribution in [0.2, 0.25) is 0 Å². The minimum Gasteiger partial charge on any atom is -0.328 e. The summed E-state index contributed by atoms with van der Waals surface area (Å²) in [6.45, 7) is 2.57. The molecule has 136 valence electrons. The van der Waals surface area contributed by atoms with Gasteiger partial charge in [-0.25, -0.2) is 21.2 Å². The van der Waals surface area contributed by atoms with Crippen molar-refractivity contribution in [3.63, 3.8) is 0 Å². The molecule has 0 radical (unpaired) electrons. The number of piperidine rings is 1. The fraction of sp³-hybridized carbons (Fsp3) is 0.571. The number of anilines is 1. The van der Waals surface area contributed by atoms with Crippen molar-refractivity contribution in [2.75, 3.05) is 24.1 Å². The van der Waals surface area contributed by atoms with Crippen molar-refractivity contribution in [1.29, 1.82) is 0 Å². The van der Waals surface area contributed by atoms with Gasteiger partial charge in [0, 0.05) is 19.1 Å². The van der Waals surface area contributed by atoms with Crippen LogP contribution in [0, 0.1) is 11.7 Å². The molecule has 0 aromatic heterocycles. The first-order valence-electron chi connectivity index (χ1n) is 7.54. The summed E-state index contributed by atoms with van der Waals surface area (Å²) in [5, 5.41) is 0. The van der Waals surface area contributed by atoms with Crippen LogP contribution in [0.4, 0.5) is 10.1 Å². The molecule has 7 nitrogen and oxygen atoms in total. The molecule has 1 aliphatic rings. The number of hydrogen-bond acceptors (Lipinski definition) is 5. The summed E-state index contributed by atoms with van der Waals surface area (Å²) in [6, 6.07) is 3.15. The number of halogens is 1. The van der Waals surface area contributed by atoms with Crippen molar-refractivity contribution in [2.45, 2.75) is 30.7 Å². The van der Waals surface area contributed by atoms with Crippen molar-refractivity contribution in [2.24, 2.45) is 11.7 Å². The van der Waals surface area contributed by atoms with Crippen molar-refractivity contribution in [1.82, 2.24) is 4.31 Å². The zero-order chi connectivity index (χ0) is 18.1. The van der Waals surface area contributed by atoms with E-state index in [1.807, 2.05) is 11.6 Å². The summed E-state index contributed by atoms with van der Waals surface area (Å²) in [5.41, 5.74) is 5.56. The number of sulfonamides is 2. The van der Waals surface area contributed by atoms with E-state index in [4.69, 9.17) is 5.73 Å². The Morgan fingerprint density at radius 1 is 1.25 bits per heavy atom. The molecule has 3 N–H and O–H groups in total. The van der Waals surface area contributed by atoms with Crippen LogP contribution in [0.25, 0.3) is 0 Å². The number of rotatable bonds is 5. The molecule has 0 spiro atoms. The lowest BCUT2D eigenvalue weighted by atomic mass is 9.92. The van der Waals surface area contributed by atoms with Crippen LogP contribution in [0.3, 0.4) is 0 Å². The summed E-state index contributed by atoms with van der Waals surface area (Å²) in [4.78, 5) is -0.196. The first-order valence-corrected chi connectivity index (χ1v) is 10.9. The minimum atomic E-state index is -3.82. The molecule has 0 amide bonds. The molecular weight excluding hydrogens is 357 g/mol. The standard InChI is InChI=1S/C14H22FN3O4S2/c1-10(16)11-5-7-18(8-6-11)24(21,22)12-3-4-14(13(15)9-12)17-23(2,19)20/h3-4,9-11,17H,5-8,16H2,1-2H3. The molecule has 0 saturated carbocycles. The average molecular weight is 379 g/mol. The smallest absolute Gasteiger partial charge is 0.243 e. The van der Waals surface area contributed by atoms with Gasteiger partial charge in [-0.1, -0.05) is 0 Å². The van der Waals surface area contributed by atoms with E-state index in [1.165, 1.54) is 10.4 Å². The van der Waals surface area contributed by atoms with Crippen LogP contribution < -0.4 is 10.5 Å². The maximum Gasteiger partial charge on any atom is 0.243 e. The molecule has 1 heterocycles. The molecule has 0 bridgehead atoms.